The third-order valence-corrected chi connectivity index (χ3v) is 4.69. The molecule has 6 heteroatoms. The molecule has 0 spiro atoms. The highest BCUT2D eigenvalue weighted by molar-refractivity contribution is 6.06. The third-order valence-electron chi connectivity index (χ3n) is 4.69. The smallest absolute Gasteiger partial charge is 0.287 e. The van der Waals surface area contributed by atoms with Gasteiger partial charge in [0.15, 0.2) is 0 Å². The minimum Gasteiger partial charge on any atom is -0.497 e. The Hall–Kier alpha value is -4.19. The fourth-order valence-corrected chi connectivity index (χ4v) is 2.97. The van der Waals surface area contributed by atoms with Gasteiger partial charge in [-0.05, 0) is 47.9 Å². The van der Waals surface area contributed by atoms with E-state index < -0.39 is 5.91 Å². The lowest BCUT2D eigenvalue weighted by Crippen LogP contribution is -2.33. The molecule has 3 rings (SSSR count). The first kappa shape index (κ1) is 22.5. The molecule has 3 aromatic rings. The Morgan fingerprint density at radius 2 is 1.47 bits per heavy atom. The number of nitrogens with zero attached hydrogens (tertiary/aromatic N) is 1. The van der Waals surface area contributed by atoms with E-state index in [1.807, 2.05) is 43.3 Å². The van der Waals surface area contributed by atoms with Crippen molar-refractivity contribution in [2.45, 2.75) is 13.3 Å². The van der Waals surface area contributed by atoms with Gasteiger partial charge in [0.25, 0.3) is 11.8 Å². The maximum Gasteiger partial charge on any atom is 0.287 e. The number of amides is 2. The Kier molecular flexibility index (Phi) is 7.92. The summed E-state index contributed by atoms with van der Waals surface area (Å²) < 4.78 is 5.18. The van der Waals surface area contributed by atoms with Gasteiger partial charge < -0.3 is 10.1 Å². The van der Waals surface area contributed by atoms with Crippen LogP contribution in [0.15, 0.2) is 95.7 Å². The molecule has 2 amide bonds. The molecule has 0 bridgehead atoms. The number of carbonyl (C=O) groups is 2. The van der Waals surface area contributed by atoms with E-state index in [1.165, 1.54) is 0 Å². The van der Waals surface area contributed by atoms with E-state index in [1.54, 1.807) is 61.7 Å². The molecule has 2 N–H and O–H groups in total. The van der Waals surface area contributed by atoms with Crippen molar-refractivity contribution < 1.29 is 14.3 Å². The second kappa shape index (κ2) is 11.3. The Bertz CT molecular complexity index is 1110. The van der Waals surface area contributed by atoms with Crippen LogP contribution in [0.5, 0.6) is 5.75 Å². The topological polar surface area (TPSA) is 79.8 Å². The van der Waals surface area contributed by atoms with Crippen LogP contribution in [-0.2, 0) is 4.79 Å². The van der Waals surface area contributed by atoms with Gasteiger partial charge in [0.05, 0.1) is 12.8 Å². The van der Waals surface area contributed by atoms with Crippen molar-refractivity contribution >= 4 is 23.6 Å². The normalized spacial score (nSPS) is 11.6. The van der Waals surface area contributed by atoms with Gasteiger partial charge >= 0.3 is 0 Å². The van der Waals surface area contributed by atoms with E-state index in [2.05, 4.69) is 15.8 Å². The number of nitrogens with one attached hydrogen (secondary N) is 2. The minimum atomic E-state index is -0.521. The van der Waals surface area contributed by atoms with Gasteiger partial charge in [-0.1, -0.05) is 67.6 Å². The minimum absolute atomic E-state index is 0.0799. The molecule has 0 atom stereocenters. The third kappa shape index (κ3) is 6.15. The van der Waals surface area contributed by atoms with Crippen LogP contribution in [-0.4, -0.2) is 24.6 Å². The summed E-state index contributed by atoms with van der Waals surface area (Å²) >= 11 is 0. The zero-order valence-corrected chi connectivity index (χ0v) is 18.0. The summed E-state index contributed by atoms with van der Waals surface area (Å²) in [5.41, 5.74) is 5.48. The lowest BCUT2D eigenvalue weighted by Gasteiger charge is -2.11. The van der Waals surface area contributed by atoms with Gasteiger partial charge in [-0.25, -0.2) is 5.43 Å². The Balaban J connectivity index is 1.86. The summed E-state index contributed by atoms with van der Waals surface area (Å²) in [6, 6.07) is 25.5. The van der Waals surface area contributed by atoms with Gasteiger partial charge in [0, 0.05) is 5.56 Å². The maximum atomic E-state index is 13.0. The highest BCUT2D eigenvalue weighted by atomic mass is 16.5. The molecule has 0 aliphatic heterocycles. The van der Waals surface area contributed by atoms with Crippen LogP contribution in [0.25, 0.3) is 6.08 Å². The molecule has 0 aromatic heterocycles. The number of benzene rings is 3. The monoisotopic (exact) mass is 427 g/mol. The van der Waals surface area contributed by atoms with Gasteiger partial charge in [0.1, 0.15) is 11.4 Å². The number of ether oxygens (including phenoxy) is 1. The molecular weight excluding hydrogens is 402 g/mol. The largest absolute Gasteiger partial charge is 0.497 e. The number of hydrogen-bond acceptors (Lipinski definition) is 4. The summed E-state index contributed by atoms with van der Waals surface area (Å²) in [7, 11) is 1.58. The van der Waals surface area contributed by atoms with Gasteiger partial charge in [-0.3, -0.25) is 9.59 Å². The van der Waals surface area contributed by atoms with Crippen molar-refractivity contribution in [1.29, 1.82) is 0 Å². The summed E-state index contributed by atoms with van der Waals surface area (Å²) in [6.45, 7) is 1.96. The van der Waals surface area contributed by atoms with Crippen molar-refractivity contribution in [3.05, 3.63) is 107 Å². The first-order chi connectivity index (χ1) is 15.6. The van der Waals surface area contributed by atoms with Crippen molar-refractivity contribution in [1.82, 2.24) is 10.7 Å². The molecule has 0 saturated carbocycles. The van der Waals surface area contributed by atoms with E-state index >= 15 is 0 Å². The van der Waals surface area contributed by atoms with E-state index in [0.29, 0.717) is 17.7 Å². The van der Waals surface area contributed by atoms with Gasteiger partial charge in [-0.15, -0.1) is 0 Å². The predicted molar refractivity (Wildman–Crippen MR) is 126 cm³/mol. The zero-order valence-electron chi connectivity index (χ0n) is 18.0. The standard InChI is InChI=1S/C26H25N3O3/c1-3-23(20-10-6-4-7-11-20)28-29-26(31)24(18-19-14-16-22(32-2)17-15-19)27-25(30)21-12-8-5-9-13-21/h4-18H,3H2,1-2H3,(H,27,30)(H,29,31)/b24-18-,28-23-. The van der Waals surface area contributed by atoms with E-state index in [4.69, 9.17) is 4.74 Å². The molecule has 0 radical (unpaired) electrons. The molecule has 32 heavy (non-hydrogen) atoms. The Morgan fingerprint density at radius 3 is 2.03 bits per heavy atom. The van der Waals surface area contributed by atoms with Gasteiger partial charge in [-0.2, -0.15) is 5.10 Å². The average molecular weight is 428 g/mol. The van der Waals surface area contributed by atoms with Crippen LogP contribution in [0.2, 0.25) is 0 Å². The highest BCUT2D eigenvalue weighted by Gasteiger charge is 2.15. The number of hydrogen-bond donors (Lipinski definition) is 2. The average Bonchev–Trinajstić information content (AvgIpc) is 2.85. The van der Waals surface area contributed by atoms with E-state index in [-0.39, 0.29) is 11.6 Å². The fourth-order valence-electron chi connectivity index (χ4n) is 2.97. The Morgan fingerprint density at radius 1 is 0.875 bits per heavy atom. The quantitative estimate of drug-likeness (QED) is 0.318. The van der Waals surface area contributed by atoms with Gasteiger partial charge in [0.2, 0.25) is 0 Å². The predicted octanol–water partition coefficient (Wildman–Crippen LogP) is 4.40. The molecule has 6 nitrogen and oxygen atoms in total. The molecule has 162 valence electrons. The zero-order chi connectivity index (χ0) is 22.8. The van der Waals surface area contributed by atoms with E-state index in [0.717, 1.165) is 16.8 Å². The first-order valence-corrected chi connectivity index (χ1v) is 10.2. The molecule has 0 saturated heterocycles. The molecule has 0 heterocycles. The summed E-state index contributed by atoms with van der Waals surface area (Å²) in [5, 5.41) is 6.99. The number of methoxy groups -OCH3 is 1. The maximum absolute atomic E-state index is 13.0. The molecule has 0 aliphatic carbocycles. The van der Waals surface area contributed by atoms with Crippen LogP contribution >= 0.6 is 0 Å². The summed E-state index contributed by atoms with van der Waals surface area (Å²) in [6.07, 6.45) is 2.23. The number of carbonyl (C=O) groups excluding carboxylic acids is 2. The molecule has 3 aromatic carbocycles. The fraction of sp³-hybridized carbons (Fsp3) is 0.115. The Labute approximate surface area is 187 Å². The highest BCUT2D eigenvalue weighted by Crippen LogP contribution is 2.14. The van der Waals surface area contributed by atoms with Crippen molar-refractivity contribution in [2.75, 3.05) is 7.11 Å². The lowest BCUT2D eigenvalue weighted by molar-refractivity contribution is -0.117. The number of hydrazone groups is 1. The molecule has 0 unspecified atom stereocenters. The van der Waals surface area contributed by atoms with Crippen LogP contribution in [0.3, 0.4) is 0 Å². The number of rotatable bonds is 8. The lowest BCUT2D eigenvalue weighted by atomic mass is 10.1. The van der Waals surface area contributed by atoms with Crippen LogP contribution < -0.4 is 15.5 Å². The second-order valence-corrected chi connectivity index (χ2v) is 6.87. The summed E-state index contributed by atoms with van der Waals surface area (Å²) in [4.78, 5) is 25.6. The molecular formula is C26H25N3O3. The van der Waals surface area contributed by atoms with Crippen LogP contribution in [0, 0.1) is 0 Å². The summed E-state index contributed by atoms with van der Waals surface area (Å²) in [5.74, 6) is -0.211. The second-order valence-electron chi connectivity index (χ2n) is 6.87. The molecule has 0 aliphatic rings. The molecule has 0 fully saturated rings. The van der Waals surface area contributed by atoms with E-state index in [9.17, 15) is 9.59 Å². The van der Waals surface area contributed by atoms with Crippen LogP contribution in [0.4, 0.5) is 0 Å². The van der Waals surface area contributed by atoms with Crippen molar-refractivity contribution in [2.24, 2.45) is 5.10 Å². The van der Waals surface area contributed by atoms with Crippen molar-refractivity contribution in [3.63, 3.8) is 0 Å². The van der Waals surface area contributed by atoms with Crippen LogP contribution in [0.1, 0.15) is 34.8 Å². The SMILES string of the molecule is CC/C(=N/NC(=O)/C(=C/c1ccc(OC)cc1)NC(=O)c1ccccc1)c1ccccc1. The van der Waals surface area contributed by atoms with Crippen molar-refractivity contribution in [3.8, 4) is 5.75 Å². The first-order valence-electron chi connectivity index (χ1n) is 10.2.